The number of fused-ring (bicyclic) bond motifs is 1. The Labute approximate surface area is 109 Å². The molecule has 1 N–H and O–H groups in total. The molecule has 0 saturated heterocycles. The SMILES string of the molecule is CC(C)(C)CCC(O)C1COc2ccccc2O1. The van der Waals surface area contributed by atoms with E-state index in [0.717, 1.165) is 24.3 Å². The summed E-state index contributed by atoms with van der Waals surface area (Å²) in [7, 11) is 0. The van der Waals surface area contributed by atoms with Crippen molar-refractivity contribution in [3.63, 3.8) is 0 Å². The molecule has 0 radical (unpaired) electrons. The zero-order chi connectivity index (χ0) is 13.2. The van der Waals surface area contributed by atoms with Crippen molar-refractivity contribution in [1.82, 2.24) is 0 Å². The molecule has 2 unspecified atom stereocenters. The van der Waals surface area contributed by atoms with Gasteiger partial charge in [-0.25, -0.2) is 0 Å². The van der Waals surface area contributed by atoms with E-state index in [-0.39, 0.29) is 11.5 Å². The number of hydrogen-bond donors (Lipinski definition) is 1. The minimum absolute atomic E-state index is 0.231. The van der Waals surface area contributed by atoms with Gasteiger partial charge in [-0.1, -0.05) is 32.9 Å². The second-order valence-electron chi connectivity index (χ2n) is 6.08. The van der Waals surface area contributed by atoms with Crippen LogP contribution in [0.2, 0.25) is 0 Å². The summed E-state index contributed by atoms with van der Waals surface area (Å²) < 4.78 is 11.4. The average Bonchev–Trinajstić information content (AvgIpc) is 2.34. The lowest BCUT2D eigenvalue weighted by molar-refractivity contribution is -0.0178. The molecule has 0 spiro atoms. The molecule has 0 aromatic heterocycles. The van der Waals surface area contributed by atoms with Gasteiger partial charge in [-0.3, -0.25) is 0 Å². The first kappa shape index (κ1) is 13.2. The van der Waals surface area contributed by atoms with Gasteiger partial charge >= 0.3 is 0 Å². The number of benzene rings is 1. The smallest absolute Gasteiger partial charge is 0.161 e. The molecule has 0 saturated carbocycles. The van der Waals surface area contributed by atoms with Crippen LogP contribution in [0, 0.1) is 5.41 Å². The number of hydrogen-bond acceptors (Lipinski definition) is 3. The van der Waals surface area contributed by atoms with Gasteiger partial charge in [-0.05, 0) is 30.4 Å². The van der Waals surface area contributed by atoms with Crippen LogP contribution in [0.4, 0.5) is 0 Å². The Bertz CT molecular complexity index is 395. The highest BCUT2D eigenvalue weighted by molar-refractivity contribution is 5.40. The van der Waals surface area contributed by atoms with Crippen molar-refractivity contribution < 1.29 is 14.6 Å². The fraction of sp³-hybridized carbons (Fsp3) is 0.600. The standard InChI is InChI=1S/C15H22O3/c1-15(2,3)9-8-11(16)14-10-17-12-6-4-5-7-13(12)18-14/h4-7,11,14,16H,8-10H2,1-3H3. The van der Waals surface area contributed by atoms with Crippen molar-refractivity contribution in [3.8, 4) is 11.5 Å². The van der Waals surface area contributed by atoms with Crippen LogP contribution in [0.25, 0.3) is 0 Å². The van der Waals surface area contributed by atoms with E-state index in [9.17, 15) is 5.11 Å². The largest absolute Gasteiger partial charge is 0.486 e. The average molecular weight is 250 g/mol. The van der Waals surface area contributed by atoms with Gasteiger partial charge in [0.1, 0.15) is 6.61 Å². The highest BCUT2D eigenvalue weighted by Crippen LogP contribution is 2.32. The van der Waals surface area contributed by atoms with Gasteiger partial charge in [-0.15, -0.1) is 0 Å². The van der Waals surface area contributed by atoms with Crippen LogP contribution < -0.4 is 9.47 Å². The number of rotatable bonds is 3. The molecule has 1 heterocycles. The summed E-state index contributed by atoms with van der Waals surface area (Å²) in [5.41, 5.74) is 0.231. The Morgan fingerprint density at radius 2 is 1.94 bits per heavy atom. The summed E-state index contributed by atoms with van der Waals surface area (Å²) in [5, 5.41) is 10.2. The molecule has 1 aliphatic rings. The van der Waals surface area contributed by atoms with E-state index in [0.29, 0.717) is 6.61 Å². The number of aliphatic hydroxyl groups is 1. The molecule has 0 bridgehead atoms. The third-order valence-corrected chi connectivity index (χ3v) is 3.15. The molecule has 1 aromatic rings. The second-order valence-corrected chi connectivity index (χ2v) is 6.08. The van der Waals surface area contributed by atoms with Gasteiger partial charge in [-0.2, -0.15) is 0 Å². The molecule has 100 valence electrons. The minimum atomic E-state index is -0.474. The highest BCUT2D eigenvalue weighted by atomic mass is 16.6. The van der Waals surface area contributed by atoms with Gasteiger partial charge in [0, 0.05) is 0 Å². The Morgan fingerprint density at radius 3 is 2.61 bits per heavy atom. The summed E-state index contributed by atoms with van der Waals surface area (Å²) in [4.78, 5) is 0. The summed E-state index contributed by atoms with van der Waals surface area (Å²) in [5.74, 6) is 1.49. The van der Waals surface area contributed by atoms with Crippen LogP contribution in [0.3, 0.4) is 0 Å². The molecule has 3 heteroatoms. The van der Waals surface area contributed by atoms with E-state index in [4.69, 9.17) is 9.47 Å². The molecule has 2 atom stereocenters. The fourth-order valence-electron chi connectivity index (χ4n) is 1.99. The first-order chi connectivity index (χ1) is 8.46. The van der Waals surface area contributed by atoms with Gasteiger partial charge in [0.2, 0.25) is 0 Å². The Morgan fingerprint density at radius 1 is 1.28 bits per heavy atom. The van der Waals surface area contributed by atoms with Gasteiger partial charge in [0.25, 0.3) is 0 Å². The Hall–Kier alpha value is -1.22. The predicted molar refractivity (Wildman–Crippen MR) is 71.0 cm³/mol. The van der Waals surface area contributed by atoms with Crippen LogP contribution in [0.5, 0.6) is 11.5 Å². The molecule has 0 fully saturated rings. The zero-order valence-corrected chi connectivity index (χ0v) is 11.3. The van der Waals surface area contributed by atoms with E-state index in [2.05, 4.69) is 20.8 Å². The first-order valence-electron chi connectivity index (χ1n) is 6.52. The third kappa shape index (κ3) is 3.39. The summed E-state index contributed by atoms with van der Waals surface area (Å²) in [6.45, 7) is 6.94. The van der Waals surface area contributed by atoms with Crippen molar-refractivity contribution in [2.24, 2.45) is 5.41 Å². The highest BCUT2D eigenvalue weighted by Gasteiger charge is 2.28. The van der Waals surface area contributed by atoms with Gasteiger partial charge in [0.15, 0.2) is 17.6 Å². The topological polar surface area (TPSA) is 38.7 Å². The molecule has 1 aliphatic heterocycles. The quantitative estimate of drug-likeness (QED) is 0.896. The molecular formula is C15H22O3. The molecule has 2 rings (SSSR count). The van der Waals surface area contributed by atoms with Crippen LogP contribution >= 0.6 is 0 Å². The maximum atomic E-state index is 10.2. The van der Waals surface area contributed by atoms with E-state index < -0.39 is 6.10 Å². The van der Waals surface area contributed by atoms with E-state index in [1.165, 1.54) is 0 Å². The second kappa shape index (κ2) is 5.19. The molecule has 0 amide bonds. The summed E-state index contributed by atoms with van der Waals surface area (Å²) >= 11 is 0. The van der Waals surface area contributed by atoms with E-state index >= 15 is 0 Å². The summed E-state index contributed by atoms with van der Waals surface area (Å²) in [6, 6.07) is 7.58. The maximum Gasteiger partial charge on any atom is 0.161 e. The van der Waals surface area contributed by atoms with Crippen molar-refractivity contribution >= 4 is 0 Å². The molecule has 1 aromatic carbocycles. The lowest BCUT2D eigenvalue weighted by Gasteiger charge is -2.30. The zero-order valence-electron chi connectivity index (χ0n) is 11.3. The minimum Gasteiger partial charge on any atom is -0.486 e. The number of ether oxygens (including phenoxy) is 2. The number of para-hydroxylation sites is 2. The van der Waals surface area contributed by atoms with Crippen molar-refractivity contribution in [1.29, 1.82) is 0 Å². The van der Waals surface area contributed by atoms with Crippen LogP contribution in [0.15, 0.2) is 24.3 Å². The van der Waals surface area contributed by atoms with E-state index in [1.54, 1.807) is 0 Å². The lowest BCUT2D eigenvalue weighted by Crippen LogP contribution is -2.40. The lowest BCUT2D eigenvalue weighted by atomic mass is 9.88. The van der Waals surface area contributed by atoms with Crippen molar-refractivity contribution in [2.75, 3.05) is 6.61 Å². The van der Waals surface area contributed by atoms with Gasteiger partial charge < -0.3 is 14.6 Å². The predicted octanol–water partition coefficient (Wildman–Crippen LogP) is 3.01. The van der Waals surface area contributed by atoms with Crippen LogP contribution in [-0.4, -0.2) is 23.9 Å². The molecule has 0 aliphatic carbocycles. The first-order valence-corrected chi connectivity index (χ1v) is 6.52. The van der Waals surface area contributed by atoms with Crippen LogP contribution in [0.1, 0.15) is 33.6 Å². The summed E-state index contributed by atoms with van der Waals surface area (Å²) in [6.07, 6.45) is 0.967. The normalized spacial score (nSPS) is 20.6. The Balaban J connectivity index is 1.92. The molecular weight excluding hydrogens is 228 g/mol. The number of aliphatic hydroxyl groups excluding tert-OH is 1. The monoisotopic (exact) mass is 250 g/mol. The molecule has 3 nitrogen and oxygen atoms in total. The third-order valence-electron chi connectivity index (χ3n) is 3.15. The van der Waals surface area contributed by atoms with Crippen molar-refractivity contribution in [2.45, 2.75) is 45.8 Å². The Kier molecular flexibility index (Phi) is 3.81. The van der Waals surface area contributed by atoms with Crippen LogP contribution in [-0.2, 0) is 0 Å². The fourth-order valence-corrected chi connectivity index (χ4v) is 1.99. The molecule has 18 heavy (non-hydrogen) atoms. The van der Waals surface area contributed by atoms with Crippen molar-refractivity contribution in [3.05, 3.63) is 24.3 Å². The van der Waals surface area contributed by atoms with E-state index in [1.807, 2.05) is 24.3 Å². The van der Waals surface area contributed by atoms with Gasteiger partial charge in [0.05, 0.1) is 6.10 Å². The maximum absolute atomic E-state index is 10.2.